The molecular weight excluding hydrogens is 240 g/mol. The molecule has 19 heavy (non-hydrogen) atoms. The van der Waals surface area contributed by atoms with Gasteiger partial charge in [0, 0.05) is 0 Å². The second-order valence-corrected chi connectivity index (χ2v) is 6.08. The molecule has 1 saturated heterocycles. The third-order valence-corrected chi connectivity index (χ3v) is 3.83. The molecule has 104 valence electrons. The van der Waals surface area contributed by atoms with Crippen LogP contribution >= 0.6 is 0 Å². The topological polar surface area (TPSA) is 46.5 Å². The second kappa shape index (κ2) is 5.33. The van der Waals surface area contributed by atoms with Crippen molar-refractivity contribution in [3.63, 3.8) is 0 Å². The van der Waals surface area contributed by atoms with Crippen molar-refractivity contribution in [3.05, 3.63) is 35.4 Å². The Kier molecular flexibility index (Phi) is 3.95. The molecule has 3 nitrogen and oxygen atoms in total. The lowest BCUT2D eigenvalue weighted by Crippen LogP contribution is -2.23. The number of carbonyl (C=O) groups is 1. The Morgan fingerprint density at radius 3 is 2.53 bits per heavy atom. The van der Waals surface area contributed by atoms with Gasteiger partial charge in [-0.05, 0) is 45.6 Å². The van der Waals surface area contributed by atoms with Crippen LogP contribution in [-0.4, -0.2) is 22.8 Å². The van der Waals surface area contributed by atoms with Crippen LogP contribution < -0.4 is 0 Å². The van der Waals surface area contributed by atoms with Gasteiger partial charge in [0.05, 0.1) is 17.6 Å². The molecule has 1 N–H and O–H groups in total. The van der Waals surface area contributed by atoms with E-state index >= 15 is 0 Å². The predicted octanol–water partition coefficient (Wildman–Crippen LogP) is 3.51. The van der Waals surface area contributed by atoms with Crippen molar-refractivity contribution >= 4 is 5.97 Å². The molecule has 0 spiro atoms. The van der Waals surface area contributed by atoms with E-state index in [0.717, 1.165) is 24.0 Å². The zero-order chi connectivity index (χ0) is 14.0. The Labute approximate surface area is 114 Å². The minimum Gasteiger partial charge on any atom is -0.481 e. The molecular formula is C16H22O3. The van der Waals surface area contributed by atoms with Crippen LogP contribution in [0.3, 0.4) is 0 Å². The number of benzene rings is 1. The Morgan fingerprint density at radius 2 is 2.05 bits per heavy atom. The first-order valence-electron chi connectivity index (χ1n) is 6.84. The van der Waals surface area contributed by atoms with Crippen LogP contribution in [0.5, 0.6) is 0 Å². The fourth-order valence-electron chi connectivity index (χ4n) is 2.68. The number of aliphatic carboxylic acids is 1. The average Bonchev–Trinajstić information content (AvgIpc) is 2.67. The van der Waals surface area contributed by atoms with Gasteiger partial charge in [-0.3, -0.25) is 4.79 Å². The maximum atomic E-state index is 11.5. The standard InChI is InChI=1S/C16H22O3/c1-11-4-6-12(7-5-11)14(15(17)18)10-13-8-9-16(2,3)19-13/h4-7,13-14H,8-10H2,1-3H3,(H,17,18). The van der Waals surface area contributed by atoms with Crippen LogP contribution in [0.4, 0.5) is 0 Å². The van der Waals surface area contributed by atoms with E-state index in [-0.39, 0.29) is 11.7 Å². The van der Waals surface area contributed by atoms with Crippen LogP contribution in [0.2, 0.25) is 0 Å². The van der Waals surface area contributed by atoms with Gasteiger partial charge in [0.15, 0.2) is 0 Å². The fourth-order valence-corrected chi connectivity index (χ4v) is 2.68. The summed E-state index contributed by atoms with van der Waals surface area (Å²) in [7, 11) is 0. The summed E-state index contributed by atoms with van der Waals surface area (Å²) in [6, 6.07) is 7.75. The third kappa shape index (κ3) is 3.57. The van der Waals surface area contributed by atoms with Crippen molar-refractivity contribution in [2.24, 2.45) is 0 Å². The summed E-state index contributed by atoms with van der Waals surface area (Å²) in [6.45, 7) is 6.13. The first-order chi connectivity index (χ1) is 8.87. The van der Waals surface area contributed by atoms with Gasteiger partial charge in [-0.25, -0.2) is 0 Å². The molecule has 0 saturated carbocycles. The average molecular weight is 262 g/mol. The lowest BCUT2D eigenvalue weighted by Gasteiger charge is -2.21. The summed E-state index contributed by atoms with van der Waals surface area (Å²) < 4.78 is 5.91. The zero-order valence-corrected chi connectivity index (χ0v) is 11.8. The first-order valence-corrected chi connectivity index (χ1v) is 6.84. The SMILES string of the molecule is Cc1ccc(C(CC2CCC(C)(C)O2)C(=O)O)cc1. The summed E-state index contributed by atoms with van der Waals surface area (Å²) in [5, 5.41) is 9.43. The highest BCUT2D eigenvalue weighted by atomic mass is 16.5. The Hall–Kier alpha value is -1.35. The predicted molar refractivity (Wildman–Crippen MR) is 74.4 cm³/mol. The van der Waals surface area contributed by atoms with E-state index in [1.807, 2.05) is 31.2 Å². The molecule has 1 aliphatic heterocycles. The van der Waals surface area contributed by atoms with E-state index in [1.165, 1.54) is 0 Å². The van der Waals surface area contributed by atoms with Crippen molar-refractivity contribution in [3.8, 4) is 0 Å². The molecule has 1 heterocycles. The molecule has 1 aromatic rings. The van der Waals surface area contributed by atoms with Gasteiger partial charge in [0.2, 0.25) is 0 Å². The van der Waals surface area contributed by atoms with Crippen LogP contribution in [0.1, 0.15) is 50.2 Å². The van der Waals surface area contributed by atoms with Gasteiger partial charge < -0.3 is 9.84 Å². The molecule has 0 radical (unpaired) electrons. The largest absolute Gasteiger partial charge is 0.481 e. The Balaban J connectivity index is 2.09. The lowest BCUT2D eigenvalue weighted by molar-refractivity contribution is -0.140. The molecule has 2 unspecified atom stereocenters. The number of aryl methyl sites for hydroxylation is 1. The highest BCUT2D eigenvalue weighted by Crippen LogP contribution is 2.35. The van der Waals surface area contributed by atoms with Gasteiger partial charge in [0.1, 0.15) is 0 Å². The molecule has 0 amide bonds. The van der Waals surface area contributed by atoms with Gasteiger partial charge >= 0.3 is 5.97 Å². The van der Waals surface area contributed by atoms with Crippen LogP contribution in [0, 0.1) is 6.92 Å². The molecule has 0 bridgehead atoms. The molecule has 1 aromatic carbocycles. The molecule has 3 heteroatoms. The number of hydrogen-bond acceptors (Lipinski definition) is 2. The van der Waals surface area contributed by atoms with Gasteiger partial charge in [-0.2, -0.15) is 0 Å². The van der Waals surface area contributed by atoms with Gasteiger partial charge in [-0.15, -0.1) is 0 Å². The van der Waals surface area contributed by atoms with E-state index < -0.39 is 11.9 Å². The number of rotatable bonds is 4. The van der Waals surface area contributed by atoms with Crippen LogP contribution in [-0.2, 0) is 9.53 Å². The summed E-state index contributed by atoms with van der Waals surface area (Å²) in [5.74, 6) is -1.24. The number of carboxylic acids is 1. The fraction of sp³-hybridized carbons (Fsp3) is 0.562. The number of ether oxygens (including phenoxy) is 1. The van der Waals surface area contributed by atoms with Crippen molar-refractivity contribution in [2.75, 3.05) is 0 Å². The van der Waals surface area contributed by atoms with E-state index in [9.17, 15) is 9.90 Å². The molecule has 2 atom stereocenters. The van der Waals surface area contributed by atoms with E-state index in [4.69, 9.17) is 4.74 Å². The summed E-state index contributed by atoms with van der Waals surface area (Å²) in [4.78, 5) is 11.5. The molecule has 1 aliphatic rings. The Bertz CT molecular complexity index is 448. The molecule has 1 fully saturated rings. The van der Waals surface area contributed by atoms with E-state index in [1.54, 1.807) is 0 Å². The minimum atomic E-state index is -0.767. The third-order valence-electron chi connectivity index (χ3n) is 3.83. The molecule has 0 aliphatic carbocycles. The molecule has 0 aromatic heterocycles. The normalized spacial score (nSPS) is 23.2. The van der Waals surface area contributed by atoms with Crippen LogP contribution in [0.15, 0.2) is 24.3 Å². The Morgan fingerprint density at radius 1 is 1.42 bits per heavy atom. The number of carboxylic acid groups (broad SMARTS) is 1. The van der Waals surface area contributed by atoms with Crippen molar-refractivity contribution in [1.29, 1.82) is 0 Å². The highest BCUT2D eigenvalue weighted by Gasteiger charge is 2.34. The van der Waals surface area contributed by atoms with Crippen LogP contribution in [0.25, 0.3) is 0 Å². The number of hydrogen-bond donors (Lipinski definition) is 1. The monoisotopic (exact) mass is 262 g/mol. The van der Waals surface area contributed by atoms with Gasteiger partial charge in [0.25, 0.3) is 0 Å². The highest BCUT2D eigenvalue weighted by molar-refractivity contribution is 5.76. The van der Waals surface area contributed by atoms with E-state index in [2.05, 4.69) is 13.8 Å². The van der Waals surface area contributed by atoms with Crippen molar-refractivity contribution in [1.82, 2.24) is 0 Å². The summed E-state index contributed by atoms with van der Waals surface area (Å²) in [6.07, 6.45) is 2.56. The van der Waals surface area contributed by atoms with Crippen molar-refractivity contribution in [2.45, 2.75) is 57.7 Å². The first kappa shape index (κ1) is 14.1. The van der Waals surface area contributed by atoms with E-state index in [0.29, 0.717) is 6.42 Å². The summed E-state index contributed by atoms with van der Waals surface area (Å²) in [5.41, 5.74) is 1.90. The van der Waals surface area contributed by atoms with Gasteiger partial charge in [-0.1, -0.05) is 29.8 Å². The second-order valence-electron chi connectivity index (χ2n) is 6.08. The quantitative estimate of drug-likeness (QED) is 0.903. The molecule has 2 rings (SSSR count). The zero-order valence-electron chi connectivity index (χ0n) is 11.8. The summed E-state index contributed by atoms with van der Waals surface area (Å²) >= 11 is 0. The maximum Gasteiger partial charge on any atom is 0.311 e. The lowest BCUT2D eigenvalue weighted by atomic mass is 9.91. The van der Waals surface area contributed by atoms with Crippen molar-refractivity contribution < 1.29 is 14.6 Å². The minimum absolute atomic E-state index is 0.0532. The maximum absolute atomic E-state index is 11.5. The smallest absolute Gasteiger partial charge is 0.311 e.